The third kappa shape index (κ3) is 8.16. The van der Waals surface area contributed by atoms with Crippen LogP contribution in [0.1, 0.15) is 43.4 Å². The van der Waals surface area contributed by atoms with E-state index in [9.17, 15) is 9.18 Å². The van der Waals surface area contributed by atoms with Crippen molar-refractivity contribution in [2.24, 2.45) is 0 Å². The van der Waals surface area contributed by atoms with Gasteiger partial charge in [-0.25, -0.2) is 8.78 Å². The number of Topliss-reactive ketones (excluding diaryl/α,β-unsaturated/α-hetero) is 1. The van der Waals surface area contributed by atoms with E-state index in [2.05, 4.69) is 48.4 Å². The molecule has 1 N–H and O–H groups in total. The van der Waals surface area contributed by atoms with Crippen LogP contribution in [0, 0.1) is 11.6 Å². The molecule has 0 spiro atoms. The second-order valence-corrected chi connectivity index (χ2v) is 12.3. The Morgan fingerprint density at radius 2 is 1.74 bits per heavy atom. The Balaban J connectivity index is 1.25. The summed E-state index contributed by atoms with van der Waals surface area (Å²) in [4.78, 5) is 18.5. The van der Waals surface area contributed by atoms with E-state index in [-0.39, 0.29) is 30.2 Å². The van der Waals surface area contributed by atoms with Crippen LogP contribution in [0.3, 0.4) is 0 Å². The Kier molecular flexibility index (Phi) is 10.0. The number of carbonyl (C=O) groups is 1. The Hall–Kier alpha value is -3.85. The number of aromatic nitrogens is 1. The monoisotopic (exact) mass is 614 g/mol. The highest BCUT2D eigenvalue weighted by atomic mass is 32.1. The van der Waals surface area contributed by atoms with Crippen LogP contribution in [0.25, 0.3) is 20.7 Å². The van der Waals surface area contributed by atoms with Gasteiger partial charge in [-0.15, -0.1) is 11.3 Å². The average Bonchev–Trinajstić information content (AvgIpc) is 3.44. The number of ether oxygens (including phenoxy) is 1. The summed E-state index contributed by atoms with van der Waals surface area (Å²) in [5, 5.41) is 3.53. The standard InChI is InChI=1S/C35H32F2N2O2S2/c1-3-22(2)39-21-25-5-4-6-26(15-25)34-20-31-35(43-34)33(13-14-38-31)41-32-12-9-24(18-30(32)37)17-29(42)19-28(40)16-23-7-10-27(36)11-8-23/h4-15,18,20,22,39H,3,16-17,19,21H2,1-2H3/t22-/m0/s1. The summed E-state index contributed by atoms with van der Waals surface area (Å²) < 4.78 is 35.1. The number of nitrogens with zero attached hydrogens (tertiary/aromatic N) is 1. The molecule has 0 aliphatic carbocycles. The van der Waals surface area contributed by atoms with E-state index < -0.39 is 5.82 Å². The first kappa shape index (κ1) is 30.6. The number of nitrogens with one attached hydrogen (secondary N) is 1. The van der Waals surface area contributed by atoms with Gasteiger partial charge in [-0.2, -0.15) is 0 Å². The molecule has 0 amide bonds. The van der Waals surface area contributed by atoms with Gasteiger partial charge in [0, 0.05) is 53.9 Å². The molecule has 3 aromatic carbocycles. The molecule has 0 saturated heterocycles. The third-order valence-corrected chi connectivity index (χ3v) is 8.66. The number of hydrogen-bond donors (Lipinski definition) is 1. The number of fused-ring (bicyclic) bond motifs is 1. The molecule has 5 aromatic rings. The maximum absolute atomic E-state index is 15.2. The molecule has 0 saturated carbocycles. The van der Waals surface area contributed by atoms with Crippen LogP contribution in [0.4, 0.5) is 8.78 Å². The number of pyridine rings is 1. The van der Waals surface area contributed by atoms with Crippen molar-refractivity contribution in [3.8, 4) is 21.9 Å². The fraction of sp³-hybridized carbons (Fsp3) is 0.229. The first-order chi connectivity index (χ1) is 20.8. The second-order valence-electron chi connectivity index (χ2n) is 10.6. The third-order valence-electron chi connectivity index (χ3n) is 7.18. The Morgan fingerprint density at radius 3 is 2.51 bits per heavy atom. The van der Waals surface area contributed by atoms with Crippen molar-refractivity contribution in [3.63, 3.8) is 0 Å². The number of ketones is 1. The molecule has 0 unspecified atom stereocenters. The molecule has 0 aliphatic heterocycles. The van der Waals surface area contributed by atoms with Crippen molar-refractivity contribution in [1.29, 1.82) is 0 Å². The van der Waals surface area contributed by atoms with Crippen molar-refractivity contribution in [3.05, 3.63) is 113 Å². The predicted octanol–water partition coefficient (Wildman–Crippen LogP) is 9.04. The maximum atomic E-state index is 15.2. The molecule has 0 fully saturated rings. The quantitative estimate of drug-likeness (QED) is 0.134. The van der Waals surface area contributed by atoms with Crippen molar-refractivity contribution in [2.45, 2.75) is 52.1 Å². The molecular weight excluding hydrogens is 583 g/mol. The summed E-state index contributed by atoms with van der Waals surface area (Å²) in [5.74, 6) is -0.294. The zero-order valence-corrected chi connectivity index (χ0v) is 25.7. The van der Waals surface area contributed by atoms with Crippen LogP contribution in [0.2, 0.25) is 0 Å². The minimum Gasteiger partial charge on any atom is -0.453 e. The molecule has 0 radical (unpaired) electrons. The van der Waals surface area contributed by atoms with Crippen LogP contribution in [0.5, 0.6) is 11.5 Å². The highest BCUT2D eigenvalue weighted by molar-refractivity contribution is 7.80. The van der Waals surface area contributed by atoms with E-state index in [0.717, 1.165) is 39.2 Å². The van der Waals surface area contributed by atoms with Crippen LogP contribution < -0.4 is 10.1 Å². The highest BCUT2D eigenvalue weighted by Crippen LogP contribution is 2.39. The summed E-state index contributed by atoms with van der Waals surface area (Å²) in [6, 6.07) is 23.2. The van der Waals surface area contributed by atoms with Gasteiger partial charge in [-0.1, -0.05) is 55.5 Å². The summed E-state index contributed by atoms with van der Waals surface area (Å²) in [5.41, 5.74) is 4.48. The van der Waals surface area contributed by atoms with E-state index >= 15 is 4.39 Å². The smallest absolute Gasteiger partial charge is 0.166 e. The molecule has 43 heavy (non-hydrogen) atoms. The van der Waals surface area contributed by atoms with Gasteiger partial charge in [0.05, 0.1) is 10.2 Å². The fourth-order valence-corrected chi connectivity index (χ4v) is 6.06. The first-order valence-electron chi connectivity index (χ1n) is 14.2. The van der Waals surface area contributed by atoms with E-state index in [0.29, 0.717) is 28.6 Å². The molecular formula is C35H32F2N2O2S2. The van der Waals surface area contributed by atoms with Gasteiger partial charge in [0.2, 0.25) is 0 Å². The number of hydrogen-bond acceptors (Lipinski definition) is 6. The van der Waals surface area contributed by atoms with Gasteiger partial charge in [-0.3, -0.25) is 9.78 Å². The molecule has 2 heterocycles. The van der Waals surface area contributed by atoms with Crippen molar-refractivity contribution in [2.75, 3.05) is 0 Å². The summed E-state index contributed by atoms with van der Waals surface area (Å²) >= 11 is 6.98. The summed E-state index contributed by atoms with van der Waals surface area (Å²) in [7, 11) is 0. The van der Waals surface area contributed by atoms with Crippen molar-refractivity contribution < 1.29 is 18.3 Å². The molecule has 0 bridgehead atoms. The molecule has 1 atom stereocenters. The van der Waals surface area contributed by atoms with Gasteiger partial charge in [0.15, 0.2) is 11.6 Å². The van der Waals surface area contributed by atoms with Gasteiger partial charge >= 0.3 is 0 Å². The minimum atomic E-state index is -0.513. The lowest BCUT2D eigenvalue weighted by Crippen LogP contribution is -2.24. The number of thiocarbonyl (C=S) groups is 1. The molecule has 4 nitrogen and oxygen atoms in total. The second kappa shape index (κ2) is 14.1. The Bertz CT molecular complexity index is 1750. The Labute approximate surface area is 259 Å². The normalized spacial score (nSPS) is 11.9. The largest absolute Gasteiger partial charge is 0.453 e. The molecule has 8 heteroatoms. The highest BCUT2D eigenvalue weighted by Gasteiger charge is 2.15. The molecule has 0 aliphatic rings. The fourth-order valence-electron chi connectivity index (χ4n) is 4.67. The van der Waals surface area contributed by atoms with Crippen LogP contribution in [-0.2, 0) is 24.2 Å². The summed E-state index contributed by atoms with van der Waals surface area (Å²) in [6.07, 6.45) is 3.30. The van der Waals surface area contributed by atoms with Gasteiger partial charge in [0.1, 0.15) is 17.3 Å². The van der Waals surface area contributed by atoms with Crippen molar-refractivity contribution in [1.82, 2.24) is 10.3 Å². The number of benzene rings is 3. The minimum absolute atomic E-state index is 0.0662. The lowest BCUT2D eigenvalue weighted by Gasteiger charge is -2.11. The molecule has 2 aromatic heterocycles. The zero-order valence-electron chi connectivity index (χ0n) is 24.0. The van der Waals surface area contributed by atoms with E-state index in [4.69, 9.17) is 17.0 Å². The maximum Gasteiger partial charge on any atom is 0.166 e. The SMILES string of the molecule is CC[C@H](C)NCc1cccc(-c2cc3nccc(Oc4ccc(CC(=S)CC(=O)Cc5ccc(F)cc5)cc4F)c3s2)c1. The van der Waals surface area contributed by atoms with Crippen LogP contribution in [0.15, 0.2) is 85.1 Å². The van der Waals surface area contributed by atoms with Crippen LogP contribution in [-0.4, -0.2) is 21.7 Å². The number of halogens is 2. The number of thiophene rings is 1. The predicted molar refractivity (Wildman–Crippen MR) is 174 cm³/mol. The average molecular weight is 615 g/mol. The first-order valence-corrected chi connectivity index (χ1v) is 15.4. The van der Waals surface area contributed by atoms with Crippen LogP contribution >= 0.6 is 23.6 Å². The topological polar surface area (TPSA) is 51.2 Å². The lowest BCUT2D eigenvalue weighted by atomic mass is 10.0. The number of carbonyl (C=O) groups excluding carboxylic acids is 1. The number of rotatable bonds is 13. The van der Waals surface area contributed by atoms with Gasteiger partial charge in [-0.05, 0) is 72.0 Å². The lowest BCUT2D eigenvalue weighted by molar-refractivity contribution is -0.117. The molecule has 5 rings (SSSR count). The van der Waals surface area contributed by atoms with Gasteiger partial charge < -0.3 is 10.1 Å². The zero-order chi connectivity index (χ0) is 30.3. The Morgan fingerprint density at radius 1 is 0.953 bits per heavy atom. The molecule has 220 valence electrons. The van der Waals surface area contributed by atoms with E-state index in [1.807, 2.05) is 6.07 Å². The van der Waals surface area contributed by atoms with E-state index in [1.54, 1.807) is 47.9 Å². The van der Waals surface area contributed by atoms with Gasteiger partial charge in [0.25, 0.3) is 0 Å². The van der Waals surface area contributed by atoms with E-state index in [1.165, 1.54) is 23.8 Å². The van der Waals surface area contributed by atoms with Crippen molar-refractivity contribution >= 4 is 44.4 Å². The summed E-state index contributed by atoms with van der Waals surface area (Å²) in [6.45, 7) is 5.14.